The molecule has 1 aromatic rings. The van der Waals surface area contributed by atoms with Crippen LogP contribution in [0.2, 0.25) is 0 Å². The maximum Gasteiger partial charge on any atom is 0.267 e. The Bertz CT molecular complexity index is 568. The lowest BCUT2D eigenvalue weighted by Crippen LogP contribution is -2.53. The van der Waals surface area contributed by atoms with Crippen molar-refractivity contribution in [2.24, 2.45) is 5.92 Å². The van der Waals surface area contributed by atoms with E-state index in [0.717, 1.165) is 38.5 Å². The first kappa shape index (κ1) is 13.5. The van der Waals surface area contributed by atoms with Crippen LogP contribution in [0.4, 0.5) is 0 Å². The molecule has 0 spiro atoms. The van der Waals surface area contributed by atoms with Crippen molar-refractivity contribution >= 4 is 0 Å². The van der Waals surface area contributed by atoms with Gasteiger partial charge in [0, 0.05) is 31.1 Å². The fraction of sp³-hybridized carbons (Fsp3) is 0.765. The van der Waals surface area contributed by atoms with Crippen LogP contribution in [0, 0.1) is 5.92 Å². The highest BCUT2D eigenvalue weighted by Crippen LogP contribution is 2.29. The van der Waals surface area contributed by atoms with Gasteiger partial charge in [0.05, 0.1) is 12.2 Å². The van der Waals surface area contributed by atoms with Gasteiger partial charge in [-0.3, -0.25) is 9.69 Å². The average molecular weight is 287 g/mol. The summed E-state index contributed by atoms with van der Waals surface area (Å²) in [6, 6.07) is 2.67. The maximum atomic E-state index is 12.2. The van der Waals surface area contributed by atoms with E-state index in [1.807, 2.05) is 6.07 Å². The molecule has 4 rings (SSSR count). The minimum atomic E-state index is 0.106. The Morgan fingerprint density at radius 2 is 1.86 bits per heavy atom. The topological polar surface area (TPSA) is 38.1 Å². The van der Waals surface area contributed by atoms with Crippen molar-refractivity contribution in [1.29, 1.82) is 0 Å². The fourth-order valence-corrected chi connectivity index (χ4v) is 4.27. The van der Waals surface area contributed by atoms with Gasteiger partial charge >= 0.3 is 0 Å². The normalized spacial score (nSPS) is 24.0. The molecule has 0 bridgehead atoms. The van der Waals surface area contributed by atoms with Gasteiger partial charge in [-0.05, 0) is 44.1 Å². The molecule has 3 aliphatic rings. The van der Waals surface area contributed by atoms with Crippen LogP contribution in [0.15, 0.2) is 10.9 Å². The summed E-state index contributed by atoms with van der Waals surface area (Å²) in [5, 5.41) is 4.64. The van der Waals surface area contributed by atoms with Crippen LogP contribution in [0.25, 0.3) is 0 Å². The highest BCUT2D eigenvalue weighted by Gasteiger charge is 2.34. The minimum absolute atomic E-state index is 0.106. The van der Waals surface area contributed by atoms with Gasteiger partial charge in [0.2, 0.25) is 0 Å². The first-order chi connectivity index (χ1) is 10.3. The van der Waals surface area contributed by atoms with E-state index in [1.54, 1.807) is 4.68 Å². The van der Waals surface area contributed by atoms with E-state index in [4.69, 9.17) is 0 Å². The Kier molecular flexibility index (Phi) is 3.57. The molecule has 4 nitrogen and oxygen atoms in total. The van der Waals surface area contributed by atoms with E-state index in [1.165, 1.54) is 49.8 Å². The van der Waals surface area contributed by atoms with Crippen molar-refractivity contribution < 1.29 is 0 Å². The number of aryl methyl sites for hydroxylation is 2. The molecule has 0 amide bonds. The first-order valence-electron chi connectivity index (χ1n) is 8.63. The zero-order valence-electron chi connectivity index (χ0n) is 12.8. The van der Waals surface area contributed by atoms with Gasteiger partial charge in [-0.25, -0.2) is 4.68 Å². The molecule has 0 unspecified atom stereocenters. The summed E-state index contributed by atoms with van der Waals surface area (Å²) in [5.41, 5.74) is 2.48. The molecule has 1 saturated carbocycles. The van der Waals surface area contributed by atoms with Crippen LogP contribution >= 0.6 is 0 Å². The molecule has 1 aliphatic heterocycles. The number of rotatable bonds is 3. The quantitative estimate of drug-likeness (QED) is 0.853. The summed E-state index contributed by atoms with van der Waals surface area (Å²) >= 11 is 0. The van der Waals surface area contributed by atoms with Crippen LogP contribution in [0.5, 0.6) is 0 Å². The number of fused-ring (bicyclic) bond motifs is 1. The van der Waals surface area contributed by atoms with Crippen molar-refractivity contribution in [2.45, 2.75) is 64.0 Å². The summed E-state index contributed by atoms with van der Waals surface area (Å²) in [4.78, 5) is 14.8. The average Bonchev–Trinajstić information content (AvgIpc) is 2.96. The van der Waals surface area contributed by atoms with E-state index in [2.05, 4.69) is 10.00 Å². The maximum absolute atomic E-state index is 12.2. The molecule has 21 heavy (non-hydrogen) atoms. The third-order valence-corrected chi connectivity index (χ3v) is 5.53. The third-order valence-electron chi connectivity index (χ3n) is 5.53. The summed E-state index contributed by atoms with van der Waals surface area (Å²) in [6.45, 7) is 3.14. The molecule has 1 saturated heterocycles. The van der Waals surface area contributed by atoms with Crippen molar-refractivity contribution in [3.63, 3.8) is 0 Å². The van der Waals surface area contributed by atoms with E-state index < -0.39 is 0 Å². The van der Waals surface area contributed by atoms with Gasteiger partial charge in [0.25, 0.3) is 5.56 Å². The number of likely N-dealkylation sites (tertiary alicyclic amines) is 1. The number of hydrogen-bond donors (Lipinski definition) is 0. The van der Waals surface area contributed by atoms with E-state index in [0.29, 0.717) is 5.92 Å². The molecule has 1 aromatic heterocycles. The largest absolute Gasteiger partial charge is 0.300 e. The van der Waals surface area contributed by atoms with Crippen LogP contribution in [0.1, 0.15) is 49.8 Å². The summed E-state index contributed by atoms with van der Waals surface area (Å²) in [6.07, 6.45) is 10.1. The van der Waals surface area contributed by atoms with Gasteiger partial charge in [-0.15, -0.1) is 0 Å². The lowest BCUT2D eigenvalue weighted by Gasteiger charge is -2.43. The highest BCUT2D eigenvalue weighted by atomic mass is 16.1. The fourth-order valence-electron chi connectivity index (χ4n) is 4.27. The van der Waals surface area contributed by atoms with Gasteiger partial charge in [-0.2, -0.15) is 5.10 Å². The van der Waals surface area contributed by atoms with Crippen molar-refractivity contribution in [3.8, 4) is 0 Å². The Labute approximate surface area is 126 Å². The molecule has 0 aromatic carbocycles. The summed E-state index contributed by atoms with van der Waals surface area (Å²) in [7, 11) is 0. The molecular weight excluding hydrogens is 262 g/mol. The van der Waals surface area contributed by atoms with Crippen molar-refractivity contribution in [2.75, 3.05) is 13.1 Å². The minimum Gasteiger partial charge on any atom is -0.300 e. The summed E-state index contributed by atoms with van der Waals surface area (Å²) < 4.78 is 1.74. The Morgan fingerprint density at radius 3 is 2.67 bits per heavy atom. The summed E-state index contributed by atoms with van der Waals surface area (Å²) in [5.74, 6) is 0.623. The molecule has 2 fully saturated rings. The van der Waals surface area contributed by atoms with Gasteiger partial charge in [0.1, 0.15) is 0 Å². The Hall–Kier alpha value is -1.16. The standard InChI is InChI=1S/C17H25N3O/c21-17-9-14-5-1-4-8-16(14)18-20(17)12-13-10-19(11-13)15-6-2-3-7-15/h9,13,15H,1-8,10-12H2. The second-order valence-electron chi connectivity index (χ2n) is 7.10. The molecule has 0 atom stereocenters. The van der Waals surface area contributed by atoms with Gasteiger partial charge < -0.3 is 0 Å². The van der Waals surface area contributed by atoms with Crippen molar-refractivity contribution in [3.05, 3.63) is 27.7 Å². The second kappa shape index (κ2) is 5.56. The number of nitrogens with zero attached hydrogens (tertiary/aromatic N) is 3. The Morgan fingerprint density at radius 1 is 1.10 bits per heavy atom. The molecule has 114 valence electrons. The second-order valence-corrected chi connectivity index (χ2v) is 7.10. The van der Waals surface area contributed by atoms with Crippen molar-refractivity contribution in [1.82, 2.24) is 14.7 Å². The SMILES string of the molecule is O=c1cc2c(nn1CC1CN(C3CCCC3)C1)CCCC2. The van der Waals surface area contributed by atoms with Gasteiger partial charge in [0.15, 0.2) is 0 Å². The molecule has 2 heterocycles. The van der Waals surface area contributed by atoms with Crippen LogP contribution in [-0.4, -0.2) is 33.8 Å². The molecule has 0 radical (unpaired) electrons. The lowest BCUT2D eigenvalue weighted by molar-refractivity contribution is 0.0428. The van der Waals surface area contributed by atoms with Crippen LogP contribution in [-0.2, 0) is 19.4 Å². The van der Waals surface area contributed by atoms with E-state index >= 15 is 0 Å². The zero-order chi connectivity index (χ0) is 14.2. The van der Waals surface area contributed by atoms with Crippen LogP contribution in [0.3, 0.4) is 0 Å². The molecule has 2 aliphatic carbocycles. The van der Waals surface area contributed by atoms with E-state index in [9.17, 15) is 4.79 Å². The highest BCUT2D eigenvalue weighted by molar-refractivity contribution is 5.20. The molecule has 4 heteroatoms. The first-order valence-corrected chi connectivity index (χ1v) is 8.63. The number of aromatic nitrogens is 2. The van der Waals surface area contributed by atoms with Gasteiger partial charge in [-0.1, -0.05) is 12.8 Å². The smallest absolute Gasteiger partial charge is 0.267 e. The molecular formula is C17H25N3O. The predicted octanol–water partition coefficient (Wildman–Crippen LogP) is 2.00. The van der Waals surface area contributed by atoms with E-state index in [-0.39, 0.29) is 5.56 Å². The number of hydrogen-bond acceptors (Lipinski definition) is 3. The van der Waals surface area contributed by atoms with Crippen LogP contribution < -0.4 is 5.56 Å². The third kappa shape index (κ3) is 2.66. The lowest BCUT2D eigenvalue weighted by atomic mass is 9.96. The zero-order valence-corrected chi connectivity index (χ0v) is 12.8. The monoisotopic (exact) mass is 287 g/mol. The molecule has 0 N–H and O–H groups in total. The Balaban J connectivity index is 1.40. The predicted molar refractivity (Wildman–Crippen MR) is 82.5 cm³/mol.